The molecule has 1 amide bonds. The molecule has 1 aliphatic heterocycles. The van der Waals surface area contributed by atoms with Crippen LogP contribution in [0.2, 0.25) is 0 Å². The quantitative estimate of drug-likeness (QED) is 0.703. The topological polar surface area (TPSA) is 86.6 Å². The molecule has 21 heavy (non-hydrogen) atoms. The number of carbonyl (C=O) groups excluding carboxylic acids is 1. The van der Waals surface area contributed by atoms with E-state index in [0.717, 1.165) is 16.8 Å². The number of hydrogen-bond donors (Lipinski definition) is 3. The van der Waals surface area contributed by atoms with E-state index in [-0.39, 0.29) is 12.3 Å². The van der Waals surface area contributed by atoms with Crippen LogP contribution < -0.4 is 5.32 Å². The van der Waals surface area contributed by atoms with Crippen LogP contribution in [0, 0.1) is 0 Å². The average Bonchev–Trinajstić information content (AvgIpc) is 2.64. The lowest BCUT2D eigenvalue weighted by atomic mass is 9.84. The van der Waals surface area contributed by atoms with E-state index < -0.39 is 17.5 Å². The first-order valence-corrected chi connectivity index (χ1v) is 7.18. The zero-order valence-corrected chi connectivity index (χ0v) is 12.3. The van der Waals surface area contributed by atoms with Gasteiger partial charge in [-0.25, -0.2) is 0 Å². The van der Waals surface area contributed by atoms with Crippen molar-refractivity contribution in [2.45, 2.75) is 51.0 Å². The fraction of sp³-hybridized carbons (Fsp3) is 0.500. The van der Waals surface area contributed by atoms with Gasteiger partial charge in [0, 0.05) is 12.1 Å². The summed E-state index contributed by atoms with van der Waals surface area (Å²) < 4.78 is 0. The minimum Gasteiger partial charge on any atom is -0.481 e. The molecule has 1 aromatic rings. The van der Waals surface area contributed by atoms with Crippen LogP contribution in [0.4, 0.5) is 5.69 Å². The lowest BCUT2D eigenvalue weighted by Crippen LogP contribution is -2.26. The third-order valence-corrected chi connectivity index (χ3v) is 4.04. The summed E-state index contributed by atoms with van der Waals surface area (Å²) >= 11 is 0. The molecule has 1 atom stereocenters. The van der Waals surface area contributed by atoms with Crippen LogP contribution in [0.25, 0.3) is 0 Å². The number of hydrogen-bond acceptors (Lipinski definition) is 3. The molecule has 1 heterocycles. The summed E-state index contributed by atoms with van der Waals surface area (Å²) in [5.41, 5.74) is 1.88. The van der Waals surface area contributed by atoms with Gasteiger partial charge in [0.05, 0.1) is 11.5 Å². The standard InChI is InChI=1S/C16H21NO4/c1-16(2)11-9-10(7-8-12(11)17-15(16)21)13(18)5-3-4-6-14(19)20/h7-9,13,18H,3-6H2,1-2H3,(H,17,21)(H,19,20). The van der Waals surface area contributed by atoms with Gasteiger partial charge in [-0.3, -0.25) is 9.59 Å². The molecule has 5 nitrogen and oxygen atoms in total. The van der Waals surface area contributed by atoms with Crippen LogP contribution in [0.1, 0.15) is 56.8 Å². The molecular weight excluding hydrogens is 270 g/mol. The number of nitrogens with one attached hydrogen (secondary N) is 1. The summed E-state index contributed by atoms with van der Waals surface area (Å²) in [6.07, 6.45) is 1.24. The molecular formula is C16H21NO4. The third-order valence-electron chi connectivity index (χ3n) is 4.04. The summed E-state index contributed by atoms with van der Waals surface area (Å²) in [4.78, 5) is 22.3. The van der Waals surface area contributed by atoms with E-state index in [0.29, 0.717) is 19.3 Å². The smallest absolute Gasteiger partial charge is 0.303 e. The van der Waals surface area contributed by atoms with E-state index in [1.165, 1.54) is 0 Å². The van der Waals surface area contributed by atoms with E-state index >= 15 is 0 Å². The monoisotopic (exact) mass is 291 g/mol. The highest BCUT2D eigenvalue weighted by atomic mass is 16.4. The number of aliphatic hydroxyl groups is 1. The highest BCUT2D eigenvalue weighted by Gasteiger charge is 2.38. The van der Waals surface area contributed by atoms with Crippen LogP contribution in [0.3, 0.4) is 0 Å². The molecule has 3 N–H and O–H groups in total. The number of fused-ring (bicyclic) bond motifs is 1. The van der Waals surface area contributed by atoms with Crippen molar-refractivity contribution >= 4 is 17.6 Å². The Kier molecular flexibility index (Phi) is 4.32. The fourth-order valence-electron chi connectivity index (χ4n) is 2.58. The van der Waals surface area contributed by atoms with Crippen molar-refractivity contribution in [3.05, 3.63) is 29.3 Å². The maximum Gasteiger partial charge on any atom is 0.303 e. The van der Waals surface area contributed by atoms with Crippen molar-refractivity contribution < 1.29 is 19.8 Å². The largest absolute Gasteiger partial charge is 0.481 e. The Labute approximate surface area is 124 Å². The van der Waals surface area contributed by atoms with E-state index in [1.807, 2.05) is 32.0 Å². The normalized spacial score (nSPS) is 17.2. The first-order valence-electron chi connectivity index (χ1n) is 7.18. The van der Waals surface area contributed by atoms with Crippen molar-refractivity contribution in [3.63, 3.8) is 0 Å². The fourth-order valence-corrected chi connectivity index (χ4v) is 2.58. The van der Waals surface area contributed by atoms with Crippen LogP contribution in [0.15, 0.2) is 18.2 Å². The first-order chi connectivity index (χ1) is 9.82. The second-order valence-electron chi connectivity index (χ2n) is 6.04. The van der Waals surface area contributed by atoms with Crippen LogP contribution in [0.5, 0.6) is 0 Å². The maximum atomic E-state index is 11.9. The lowest BCUT2D eigenvalue weighted by molar-refractivity contribution is -0.137. The predicted molar refractivity (Wildman–Crippen MR) is 79.2 cm³/mol. The van der Waals surface area contributed by atoms with E-state index in [9.17, 15) is 14.7 Å². The Morgan fingerprint density at radius 3 is 2.71 bits per heavy atom. The zero-order valence-electron chi connectivity index (χ0n) is 12.3. The summed E-state index contributed by atoms with van der Waals surface area (Å²) in [5.74, 6) is -0.848. The highest BCUT2D eigenvalue weighted by Crippen LogP contribution is 2.39. The Morgan fingerprint density at radius 2 is 2.05 bits per heavy atom. The summed E-state index contributed by atoms with van der Waals surface area (Å²) in [5, 5.41) is 21.6. The molecule has 1 unspecified atom stereocenters. The molecule has 1 aromatic carbocycles. The predicted octanol–water partition coefficient (Wildman–Crippen LogP) is 2.59. The number of unbranched alkanes of at least 4 members (excludes halogenated alkanes) is 1. The van der Waals surface area contributed by atoms with Gasteiger partial charge in [-0.1, -0.05) is 12.1 Å². The Balaban J connectivity index is 2.04. The summed E-state index contributed by atoms with van der Waals surface area (Å²) in [6, 6.07) is 5.50. The molecule has 114 valence electrons. The zero-order chi connectivity index (χ0) is 15.6. The van der Waals surface area contributed by atoms with Crippen LogP contribution in [-0.4, -0.2) is 22.1 Å². The van der Waals surface area contributed by atoms with Crippen LogP contribution in [-0.2, 0) is 15.0 Å². The first kappa shape index (κ1) is 15.5. The van der Waals surface area contributed by atoms with Gasteiger partial charge in [0.1, 0.15) is 0 Å². The molecule has 0 aromatic heterocycles. The molecule has 0 fully saturated rings. The van der Waals surface area contributed by atoms with Crippen molar-refractivity contribution in [1.29, 1.82) is 0 Å². The minimum atomic E-state index is -0.812. The number of carbonyl (C=O) groups is 2. The molecule has 0 radical (unpaired) electrons. The van der Waals surface area contributed by atoms with Gasteiger partial charge in [-0.15, -0.1) is 0 Å². The number of aliphatic hydroxyl groups excluding tert-OH is 1. The maximum absolute atomic E-state index is 11.9. The molecule has 0 saturated heterocycles. The molecule has 1 aliphatic rings. The molecule has 0 saturated carbocycles. The van der Waals surface area contributed by atoms with E-state index in [4.69, 9.17) is 5.11 Å². The van der Waals surface area contributed by atoms with Gasteiger partial charge in [0.2, 0.25) is 5.91 Å². The van der Waals surface area contributed by atoms with E-state index in [1.54, 1.807) is 0 Å². The van der Waals surface area contributed by atoms with Gasteiger partial charge in [-0.05, 0) is 50.3 Å². The van der Waals surface area contributed by atoms with Gasteiger partial charge in [0.15, 0.2) is 0 Å². The van der Waals surface area contributed by atoms with Gasteiger partial charge in [0.25, 0.3) is 0 Å². The Morgan fingerprint density at radius 1 is 1.33 bits per heavy atom. The van der Waals surface area contributed by atoms with E-state index in [2.05, 4.69) is 5.32 Å². The lowest BCUT2D eigenvalue weighted by Gasteiger charge is -2.17. The Bertz CT molecular complexity index is 565. The number of carboxylic acids is 1. The highest BCUT2D eigenvalue weighted by molar-refractivity contribution is 6.05. The van der Waals surface area contributed by atoms with Gasteiger partial charge >= 0.3 is 5.97 Å². The van der Waals surface area contributed by atoms with Crippen molar-refractivity contribution in [1.82, 2.24) is 0 Å². The van der Waals surface area contributed by atoms with Crippen LogP contribution >= 0.6 is 0 Å². The third kappa shape index (κ3) is 3.24. The number of anilines is 1. The molecule has 2 rings (SSSR count). The van der Waals surface area contributed by atoms with Crippen molar-refractivity contribution in [3.8, 4) is 0 Å². The minimum absolute atomic E-state index is 0.0365. The molecule has 5 heteroatoms. The second-order valence-corrected chi connectivity index (χ2v) is 6.04. The van der Waals surface area contributed by atoms with Gasteiger partial charge in [-0.2, -0.15) is 0 Å². The second kappa shape index (κ2) is 5.85. The molecule has 0 bridgehead atoms. The number of benzene rings is 1. The molecule has 0 spiro atoms. The number of amides is 1. The molecule has 0 aliphatic carbocycles. The van der Waals surface area contributed by atoms with Gasteiger partial charge < -0.3 is 15.5 Å². The van der Waals surface area contributed by atoms with Crippen molar-refractivity contribution in [2.75, 3.05) is 5.32 Å². The SMILES string of the molecule is CC1(C)C(=O)Nc2ccc(C(O)CCCCC(=O)O)cc21. The van der Waals surface area contributed by atoms with Crippen molar-refractivity contribution in [2.24, 2.45) is 0 Å². The number of carboxylic acid groups (broad SMARTS) is 1. The Hall–Kier alpha value is -1.88. The average molecular weight is 291 g/mol. The number of aliphatic carboxylic acids is 1. The summed E-state index contributed by atoms with van der Waals surface area (Å²) in [7, 11) is 0. The number of rotatable bonds is 6. The summed E-state index contributed by atoms with van der Waals surface area (Å²) in [6.45, 7) is 3.72.